The van der Waals surface area contributed by atoms with E-state index < -0.39 is 0 Å². The SMILES string of the molecule is CCCCc1ccc(CCCC)n1-c1ccccc1. The number of unbranched alkanes of at least 4 members (excludes halogenated alkanes) is 2. The highest BCUT2D eigenvalue weighted by Crippen LogP contribution is 2.20. The zero-order valence-electron chi connectivity index (χ0n) is 12.2. The van der Waals surface area contributed by atoms with Crippen LogP contribution >= 0.6 is 0 Å². The van der Waals surface area contributed by atoms with Crippen LogP contribution in [0, 0.1) is 0 Å². The summed E-state index contributed by atoms with van der Waals surface area (Å²) < 4.78 is 2.46. The Morgan fingerprint density at radius 1 is 0.737 bits per heavy atom. The van der Waals surface area contributed by atoms with E-state index in [2.05, 4.69) is 60.9 Å². The van der Waals surface area contributed by atoms with E-state index in [0.717, 1.165) is 0 Å². The highest BCUT2D eigenvalue weighted by molar-refractivity contribution is 5.38. The minimum atomic E-state index is 1.18. The predicted octanol–water partition coefficient (Wildman–Crippen LogP) is 5.16. The quantitative estimate of drug-likeness (QED) is 0.644. The third-order valence-electron chi connectivity index (χ3n) is 3.63. The van der Waals surface area contributed by atoms with Gasteiger partial charge in [-0.1, -0.05) is 44.9 Å². The van der Waals surface area contributed by atoms with E-state index in [1.54, 1.807) is 0 Å². The lowest BCUT2D eigenvalue weighted by atomic mass is 10.2. The molecule has 1 heteroatoms. The minimum absolute atomic E-state index is 1.18. The lowest BCUT2D eigenvalue weighted by Gasteiger charge is -2.13. The van der Waals surface area contributed by atoms with Crippen molar-refractivity contribution < 1.29 is 0 Å². The van der Waals surface area contributed by atoms with Gasteiger partial charge in [0.2, 0.25) is 0 Å². The Morgan fingerprint density at radius 3 is 1.74 bits per heavy atom. The molecular weight excluding hydrogens is 230 g/mol. The van der Waals surface area contributed by atoms with Crippen LogP contribution in [0.3, 0.4) is 0 Å². The Morgan fingerprint density at radius 2 is 1.26 bits per heavy atom. The van der Waals surface area contributed by atoms with Crippen LogP contribution in [0.5, 0.6) is 0 Å². The summed E-state index contributed by atoms with van der Waals surface area (Å²) in [4.78, 5) is 0. The van der Waals surface area contributed by atoms with Gasteiger partial charge in [-0.2, -0.15) is 0 Å². The van der Waals surface area contributed by atoms with Crippen molar-refractivity contribution in [2.75, 3.05) is 0 Å². The molecule has 1 aromatic carbocycles. The van der Waals surface area contributed by atoms with Gasteiger partial charge in [0.25, 0.3) is 0 Å². The van der Waals surface area contributed by atoms with Crippen LogP contribution < -0.4 is 0 Å². The number of nitrogens with zero attached hydrogens (tertiary/aromatic N) is 1. The summed E-state index contributed by atoms with van der Waals surface area (Å²) in [6.07, 6.45) is 7.40. The van der Waals surface area contributed by atoms with Gasteiger partial charge in [-0.25, -0.2) is 0 Å². The molecule has 1 aromatic heterocycles. The number of rotatable bonds is 7. The summed E-state index contributed by atoms with van der Waals surface area (Å²) in [5.41, 5.74) is 4.23. The van der Waals surface area contributed by atoms with Crippen LogP contribution in [-0.2, 0) is 12.8 Å². The molecule has 0 atom stereocenters. The lowest BCUT2D eigenvalue weighted by molar-refractivity contribution is 0.723. The van der Waals surface area contributed by atoms with E-state index in [1.807, 2.05) is 0 Å². The molecule has 0 bridgehead atoms. The zero-order valence-corrected chi connectivity index (χ0v) is 12.2. The number of aromatic nitrogens is 1. The van der Waals surface area contributed by atoms with Crippen molar-refractivity contribution in [3.8, 4) is 5.69 Å². The average Bonchev–Trinajstić information content (AvgIpc) is 2.86. The molecule has 0 unspecified atom stereocenters. The number of para-hydroxylation sites is 1. The van der Waals surface area contributed by atoms with E-state index in [1.165, 1.54) is 55.6 Å². The van der Waals surface area contributed by atoms with Crippen LogP contribution in [0.2, 0.25) is 0 Å². The molecule has 0 saturated carbocycles. The second kappa shape index (κ2) is 7.18. The fourth-order valence-corrected chi connectivity index (χ4v) is 2.54. The zero-order chi connectivity index (χ0) is 13.5. The van der Waals surface area contributed by atoms with Crippen molar-refractivity contribution in [2.24, 2.45) is 0 Å². The van der Waals surface area contributed by atoms with E-state index in [4.69, 9.17) is 0 Å². The molecule has 0 aliphatic rings. The van der Waals surface area contributed by atoms with Gasteiger partial charge in [-0.15, -0.1) is 0 Å². The van der Waals surface area contributed by atoms with Gasteiger partial charge in [-0.3, -0.25) is 0 Å². The first-order valence-corrected chi connectivity index (χ1v) is 7.61. The van der Waals surface area contributed by atoms with Crippen molar-refractivity contribution in [3.05, 3.63) is 53.9 Å². The van der Waals surface area contributed by atoms with E-state index in [9.17, 15) is 0 Å². The highest BCUT2D eigenvalue weighted by atomic mass is 15.0. The van der Waals surface area contributed by atoms with Crippen molar-refractivity contribution >= 4 is 0 Å². The van der Waals surface area contributed by atoms with E-state index in [-0.39, 0.29) is 0 Å². The Bertz CT molecular complexity index is 456. The molecular formula is C18H25N. The van der Waals surface area contributed by atoms with Gasteiger partial charge < -0.3 is 4.57 Å². The molecule has 0 spiro atoms. The van der Waals surface area contributed by atoms with Gasteiger partial charge in [0.05, 0.1) is 0 Å². The maximum atomic E-state index is 2.46. The standard InChI is InChI=1S/C18H25N/c1-3-5-10-17-14-15-18(11-6-4-2)19(17)16-12-8-7-9-13-16/h7-9,12-15H,3-6,10-11H2,1-2H3. The van der Waals surface area contributed by atoms with Crippen molar-refractivity contribution in [1.29, 1.82) is 0 Å². The van der Waals surface area contributed by atoms with Crippen molar-refractivity contribution in [3.63, 3.8) is 0 Å². The van der Waals surface area contributed by atoms with Crippen molar-refractivity contribution in [2.45, 2.75) is 52.4 Å². The second-order valence-corrected chi connectivity index (χ2v) is 5.19. The maximum Gasteiger partial charge on any atom is 0.0455 e. The van der Waals surface area contributed by atoms with Gasteiger partial charge >= 0.3 is 0 Å². The maximum absolute atomic E-state index is 2.46. The number of hydrogen-bond acceptors (Lipinski definition) is 0. The van der Waals surface area contributed by atoms with E-state index in [0.29, 0.717) is 0 Å². The van der Waals surface area contributed by atoms with Crippen molar-refractivity contribution in [1.82, 2.24) is 4.57 Å². The Balaban J connectivity index is 2.32. The number of hydrogen-bond donors (Lipinski definition) is 0. The summed E-state index contributed by atoms with van der Waals surface area (Å²) in [6.45, 7) is 4.52. The van der Waals surface area contributed by atoms with Gasteiger partial charge in [-0.05, 0) is 49.9 Å². The molecule has 2 aromatic rings. The topological polar surface area (TPSA) is 4.93 Å². The first-order valence-electron chi connectivity index (χ1n) is 7.61. The molecule has 19 heavy (non-hydrogen) atoms. The second-order valence-electron chi connectivity index (χ2n) is 5.19. The molecule has 0 fully saturated rings. The molecule has 0 saturated heterocycles. The Kier molecular flexibility index (Phi) is 5.26. The minimum Gasteiger partial charge on any atom is -0.318 e. The molecule has 0 N–H and O–H groups in total. The summed E-state index contributed by atoms with van der Waals surface area (Å²) in [5.74, 6) is 0. The van der Waals surface area contributed by atoms with Crippen LogP contribution in [0.15, 0.2) is 42.5 Å². The summed E-state index contributed by atoms with van der Waals surface area (Å²) in [6, 6.07) is 15.4. The fraction of sp³-hybridized carbons (Fsp3) is 0.444. The summed E-state index contributed by atoms with van der Waals surface area (Å²) in [7, 11) is 0. The molecule has 0 amide bonds. The van der Waals surface area contributed by atoms with Crippen LogP contribution in [0.1, 0.15) is 50.9 Å². The molecule has 1 heterocycles. The number of benzene rings is 1. The Labute approximate surface area is 117 Å². The largest absolute Gasteiger partial charge is 0.318 e. The monoisotopic (exact) mass is 255 g/mol. The molecule has 2 rings (SSSR count). The van der Waals surface area contributed by atoms with Crippen LogP contribution in [0.4, 0.5) is 0 Å². The van der Waals surface area contributed by atoms with Crippen LogP contribution in [-0.4, -0.2) is 4.57 Å². The smallest absolute Gasteiger partial charge is 0.0455 e. The average molecular weight is 255 g/mol. The molecule has 0 radical (unpaired) electrons. The van der Waals surface area contributed by atoms with Gasteiger partial charge in [0, 0.05) is 17.1 Å². The fourth-order valence-electron chi connectivity index (χ4n) is 2.54. The third kappa shape index (κ3) is 3.50. The van der Waals surface area contributed by atoms with Gasteiger partial charge in [0.1, 0.15) is 0 Å². The third-order valence-corrected chi connectivity index (χ3v) is 3.63. The predicted molar refractivity (Wildman–Crippen MR) is 83.0 cm³/mol. The first-order chi connectivity index (χ1) is 9.36. The van der Waals surface area contributed by atoms with E-state index >= 15 is 0 Å². The lowest BCUT2D eigenvalue weighted by Crippen LogP contribution is -2.04. The van der Waals surface area contributed by atoms with Gasteiger partial charge in [0.15, 0.2) is 0 Å². The first kappa shape index (κ1) is 13.9. The normalized spacial score (nSPS) is 10.8. The highest BCUT2D eigenvalue weighted by Gasteiger charge is 2.09. The number of aryl methyl sites for hydroxylation is 2. The molecule has 1 nitrogen and oxygen atoms in total. The van der Waals surface area contributed by atoms with Crippen LogP contribution in [0.25, 0.3) is 5.69 Å². The Hall–Kier alpha value is -1.50. The summed E-state index contributed by atoms with van der Waals surface area (Å²) in [5, 5.41) is 0. The molecule has 0 aliphatic carbocycles. The molecule has 102 valence electrons. The molecule has 0 aliphatic heterocycles. The summed E-state index contributed by atoms with van der Waals surface area (Å²) >= 11 is 0.